The first-order chi connectivity index (χ1) is 14.3. The zero-order chi connectivity index (χ0) is 22.1. The molecule has 0 heterocycles. The molecule has 2 rings (SSSR count). The summed E-state index contributed by atoms with van der Waals surface area (Å²) >= 11 is 0. The van der Waals surface area contributed by atoms with E-state index in [4.69, 9.17) is 14.2 Å². The lowest BCUT2D eigenvalue weighted by molar-refractivity contribution is -0.119. The van der Waals surface area contributed by atoms with E-state index < -0.39 is 22.5 Å². The van der Waals surface area contributed by atoms with E-state index in [0.717, 1.165) is 10.6 Å². The average Bonchev–Trinajstić information content (AvgIpc) is 2.72. The van der Waals surface area contributed by atoms with Gasteiger partial charge in [0.25, 0.3) is 5.91 Å². The molecular weight excluding hydrogens is 410 g/mol. The van der Waals surface area contributed by atoms with Crippen LogP contribution >= 0.6 is 0 Å². The molecule has 2 aromatic carbocycles. The lowest BCUT2D eigenvalue weighted by Crippen LogP contribution is -2.39. The molecule has 0 saturated heterocycles. The Morgan fingerprint density at radius 3 is 2.33 bits per heavy atom. The lowest BCUT2D eigenvalue weighted by Gasteiger charge is -2.21. The molecular formula is C20H25N3O6S. The van der Waals surface area contributed by atoms with Crippen molar-refractivity contribution in [1.29, 1.82) is 0 Å². The van der Waals surface area contributed by atoms with Crippen molar-refractivity contribution in [3.63, 3.8) is 0 Å². The quantitative estimate of drug-likeness (QED) is 0.452. The Hall–Kier alpha value is -3.27. The molecule has 0 spiro atoms. The summed E-state index contributed by atoms with van der Waals surface area (Å²) < 4.78 is 41.1. The molecule has 0 aromatic heterocycles. The smallest absolute Gasteiger partial charge is 0.260 e. The van der Waals surface area contributed by atoms with Gasteiger partial charge in [0.05, 0.1) is 39.0 Å². The van der Waals surface area contributed by atoms with Gasteiger partial charge in [-0.05, 0) is 49.4 Å². The van der Waals surface area contributed by atoms with Crippen molar-refractivity contribution in [3.05, 3.63) is 48.0 Å². The first-order valence-corrected chi connectivity index (χ1v) is 10.9. The topological polar surface area (TPSA) is 107 Å². The van der Waals surface area contributed by atoms with Gasteiger partial charge in [0.2, 0.25) is 10.0 Å². The number of ether oxygens (including phenoxy) is 3. The van der Waals surface area contributed by atoms with Gasteiger partial charge in [-0.3, -0.25) is 9.10 Å². The van der Waals surface area contributed by atoms with Crippen molar-refractivity contribution in [2.45, 2.75) is 6.92 Å². The van der Waals surface area contributed by atoms with Gasteiger partial charge in [0.1, 0.15) is 23.8 Å². The molecule has 2 aromatic rings. The highest BCUT2D eigenvalue weighted by atomic mass is 32.2. The van der Waals surface area contributed by atoms with Crippen LogP contribution in [0.1, 0.15) is 12.5 Å². The van der Waals surface area contributed by atoms with Gasteiger partial charge in [-0.2, -0.15) is 5.10 Å². The van der Waals surface area contributed by atoms with Crippen LogP contribution in [0.2, 0.25) is 0 Å². The molecule has 0 aliphatic rings. The van der Waals surface area contributed by atoms with E-state index >= 15 is 0 Å². The summed E-state index contributed by atoms with van der Waals surface area (Å²) in [6.45, 7) is 1.91. The van der Waals surface area contributed by atoms with Gasteiger partial charge in [0.15, 0.2) is 0 Å². The molecule has 10 heteroatoms. The molecule has 1 amide bonds. The summed E-state index contributed by atoms with van der Waals surface area (Å²) in [4.78, 5) is 12.3. The largest absolute Gasteiger partial charge is 0.497 e. The number of hydrogen-bond donors (Lipinski definition) is 1. The van der Waals surface area contributed by atoms with Gasteiger partial charge in [-0.25, -0.2) is 13.8 Å². The summed E-state index contributed by atoms with van der Waals surface area (Å²) in [7, 11) is -0.646. The molecule has 0 saturated carbocycles. The summed E-state index contributed by atoms with van der Waals surface area (Å²) in [5, 5.41) is 3.89. The van der Waals surface area contributed by atoms with E-state index in [-0.39, 0.29) is 0 Å². The average molecular weight is 436 g/mol. The Bertz CT molecular complexity index is 990. The zero-order valence-corrected chi connectivity index (χ0v) is 18.1. The Labute approximate surface area is 176 Å². The number of nitrogens with zero attached hydrogens (tertiary/aromatic N) is 2. The molecule has 1 N–H and O–H groups in total. The second kappa shape index (κ2) is 10.5. The van der Waals surface area contributed by atoms with Crippen molar-refractivity contribution in [3.8, 4) is 17.2 Å². The van der Waals surface area contributed by atoms with Crippen molar-refractivity contribution < 1.29 is 27.4 Å². The SMILES string of the molecule is CCOc1ccc(N(CC(=O)N/N=C\c2cc(OC)ccc2OC)S(C)(=O)=O)cc1. The van der Waals surface area contributed by atoms with Gasteiger partial charge in [-0.1, -0.05) is 0 Å². The number of anilines is 1. The van der Waals surface area contributed by atoms with Crippen molar-refractivity contribution >= 4 is 27.8 Å². The number of carbonyl (C=O) groups is 1. The minimum Gasteiger partial charge on any atom is -0.497 e. The number of sulfonamides is 1. The van der Waals surface area contributed by atoms with Crippen LogP contribution in [-0.4, -0.2) is 54.2 Å². The third-order valence-electron chi connectivity index (χ3n) is 3.95. The van der Waals surface area contributed by atoms with Crippen LogP contribution < -0.4 is 23.9 Å². The fraction of sp³-hybridized carbons (Fsp3) is 0.300. The molecule has 0 aliphatic heterocycles. The van der Waals surface area contributed by atoms with Crippen molar-refractivity contribution in [1.82, 2.24) is 5.43 Å². The van der Waals surface area contributed by atoms with E-state index in [1.807, 2.05) is 6.92 Å². The van der Waals surface area contributed by atoms with Crippen LogP contribution in [0.25, 0.3) is 0 Å². The van der Waals surface area contributed by atoms with E-state index in [2.05, 4.69) is 10.5 Å². The first-order valence-electron chi connectivity index (χ1n) is 9.03. The predicted molar refractivity (Wildman–Crippen MR) is 115 cm³/mol. The number of benzene rings is 2. The Morgan fingerprint density at radius 2 is 1.77 bits per heavy atom. The molecule has 0 bridgehead atoms. The van der Waals surface area contributed by atoms with Crippen LogP contribution in [0.3, 0.4) is 0 Å². The van der Waals surface area contributed by atoms with Gasteiger partial charge in [-0.15, -0.1) is 0 Å². The van der Waals surface area contributed by atoms with Crippen LogP contribution in [0.4, 0.5) is 5.69 Å². The molecule has 9 nitrogen and oxygen atoms in total. The highest BCUT2D eigenvalue weighted by Crippen LogP contribution is 2.23. The fourth-order valence-corrected chi connectivity index (χ4v) is 3.41. The number of carbonyl (C=O) groups excluding carboxylic acids is 1. The first kappa shape index (κ1) is 23.0. The van der Waals surface area contributed by atoms with Crippen LogP contribution in [0.15, 0.2) is 47.6 Å². The van der Waals surface area contributed by atoms with E-state index in [1.54, 1.807) is 42.5 Å². The summed E-state index contributed by atoms with van der Waals surface area (Å²) in [5.41, 5.74) is 3.26. The maximum absolute atomic E-state index is 12.3. The highest BCUT2D eigenvalue weighted by molar-refractivity contribution is 7.92. The minimum absolute atomic E-state index is 0.342. The summed E-state index contributed by atoms with van der Waals surface area (Å²) in [5.74, 6) is 1.15. The van der Waals surface area contributed by atoms with E-state index in [0.29, 0.717) is 35.1 Å². The normalized spacial score (nSPS) is 11.2. The standard InChI is InChI=1S/C20H25N3O6S/c1-5-29-17-8-6-16(7-9-17)23(30(4,25)26)14-20(24)22-21-13-15-12-18(27-2)10-11-19(15)28-3/h6-13H,5,14H2,1-4H3,(H,22,24)/b21-13-. The molecule has 162 valence electrons. The number of hydrazone groups is 1. The Kier molecular flexibility index (Phi) is 8.05. The molecule has 0 atom stereocenters. The van der Waals surface area contributed by atoms with Crippen molar-refractivity contribution in [2.75, 3.05) is 37.9 Å². The van der Waals surface area contributed by atoms with Crippen LogP contribution in [-0.2, 0) is 14.8 Å². The maximum Gasteiger partial charge on any atom is 0.260 e. The second-order valence-electron chi connectivity index (χ2n) is 6.10. The number of amides is 1. The number of rotatable bonds is 10. The zero-order valence-electron chi connectivity index (χ0n) is 17.3. The molecule has 0 fully saturated rings. The maximum atomic E-state index is 12.3. The summed E-state index contributed by atoms with van der Waals surface area (Å²) in [6.07, 6.45) is 2.42. The number of hydrogen-bond acceptors (Lipinski definition) is 7. The third-order valence-corrected chi connectivity index (χ3v) is 5.09. The lowest BCUT2D eigenvalue weighted by atomic mass is 10.2. The molecule has 30 heavy (non-hydrogen) atoms. The highest BCUT2D eigenvalue weighted by Gasteiger charge is 2.20. The second-order valence-corrected chi connectivity index (χ2v) is 8.00. The minimum atomic E-state index is -3.69. The van der Waals surface area contributed by atoms with Gasteiger partial charge >= 0.3 is 0 Å². The fourth-order valence-electron chi connectivity index (χ4n) is 2.56. The monoisotopic (exact) mass is 435 g/mol. The number of nitrogens with one attached hydrogen (secondary N) is 1. The third kappa shape index (κ3) is 6.38. The van der Waals surface area contributed by atoms with Gasteiger partial charge in [0, 0.05) is 5.56 Å². The number of methoxy groups -OCH3 is 2. The van der Waals surface area contributed by atoms with Crippen LogP contribution in [0.5, 0.6) is 17.2 Å². The molecule has 0 aliphatic carbocycles. The molecule has 0 unspecified atom stereocenters. The van der Waals surface area contributed by atoms with E-state index in [9.17, 15) is 13.2 Å². The van der Waals surface area contributed by atoms with Crippen LogP contribution in [0, 0.1) is 0 Å². The Morgan fingerprint density at radius 1 is 1.10 bits per heavy atom. The molecule has 0 radical (unpaired) electrons. The van der Waals surface area contributed by atoms with Gasteiger partial charge < -0.3 is 14.2 Å². The Balaban J connectivity index is 2.11. The predicted octanol–water partition coefficient (Wildman–Crippen LogP) is 2.02. The van der Waals surface area contributed by atoms with Crippen molar-refractivity contribution in [2.24, 2.45) is 5.10 Å². The summed E-state index contributed by atoms with van der Waals surface area (Å²) in [6, 6.07) is 11.6. The van der Waals surface area contributed by atoms with E-state index in [1.165, 1.54) is 20.4 Å².